The molecule has 1 fully saturated rings. The minimum Gasteiger partial charge on any atom is -0.395 e. The van der Waals surface area contributed by atoms with E-state index in [4.69, 9.17) is 0 Å². The van der Waals surface area contributed by atoms with Crippen LogP contribution in [-0.2, 0) is 4.79 Å². The smallest absolute Gasteiger partial charge is 0.141 e. The van der Waals surface area contributed by atoms with Crippen LogP contribution in [0.1, 0.15) is 52.4 Å². The summed E-state index contributed by atoms with van der Waals surface area (Å²) in [6.07, 6.45) is 6.51. The van der Waals surface area contributed by atoms with Gasteiger partial charge in [0.05, 0.1) is 12.0 Å². The van der Waals surface area contributed by atoms with Crippen molar-refractivity contribution < 1.29 is 9.90 Å². The molecule has 0 aliphatic heterocycles. The van der Waals surface area contributed by atoms with Gasteiger partial charge in [0.1, 0.15) is 5.78 Å². The summed E-state index contributed by atoms with van der Waals surface area (Å²) in [5.74, 6) is 0.639. The Kier molecular flexibility index (Phi) is 4.11. The topological polar surface area (TPSA) is 37.3 Å². The molecular weight excluding hydrogens is 176 g/mol. The quantitative estimate of drug-likeness (QED) is 0.753. The molecule has 0 heterocycles. The molecule has 2 nitrogen and oxygen atoms in total. The lowest BCUT2D eigenvalue weighted by atomic mass is 9.67. The normalized spacial score (nSPS) is 23.1. The van der Waals surface area contributed by atoms with E-state index in [0.717, 1.165) is 12.8 Å². The zero-order valence-electron chi connectivity index (χ0n) is 9.38. The average molecular weight is 198 g/mol. The number of hydrogen-bond donors (Lipinski definition) is 1. The highest BCUT2D eigenvalue weighted by Crippen LogP contribution is 2.39. The van der Waals surface area contributed by atoms with Crippen molar-refractivity contribution in [2.75, 3.05) is 6.61 Å². The summed E-state index contributed by atoms with van der Waals surface area (Å²) < 4.78 is 0. The van der Waals surface area contributed by atoms with Crippen LogP contribution < -0.4 is 0 Å². The number of ketones is 1. The zero-order chi connectivity index (χ0) is 10.6. The Morgan fingerprint density at radius 1 is 1.36 bits per heavy atom. The first kappa shape index (κ1) is 11.7. The molecule has 0 aromatic carbocycles. The summed E-state index contributed by atoms with van der Waals surface area (Å²) in [7, 11) is 0. The Hall–Kier alpha value is -0.370. The molecule has 14 heavy (non-hydrogen) atoms. The van der Waals surface area contributed by atoms with Crippen molar-refractivity contribution >= 4 is 5.78 Å². The van der Waals surface area contributed by atoms with Crippen LogP contribution in [-0.4, -0.2) is 17.5 Å². The minimum atomic E-state index is -0.463. The lowest BCUT2D eigenvalue weighted by Crippen LogP contribution is -2.40. The van der Waals surface area contributed by atoms with E-state index in [1.54, 1.807) is 0 Å². The zero-order valence-corrected chi connectivity index (χ0v) is 9.38. The Balaban J connectivity index is 2.71. The van der Waals surface area contributed by atoms with Crippen molar-refractivity contribution in [1.29, 1.82) is 0 Å². The number of aliphatic hydroxyl groups excluding tert-OH is 1. The van der Waals surface area contributed by atoms with Crippen molar-refractivity contribution in [3.05, 3.63) is 0 Å². The molecule has 0 bridgehead atoms. The lowest BCUT2D eigenvalue weighted by Gasteiger charge is -2.37. The standard InChI is InChI=1S/C12H22O2/c1-3-11(14)12(2,9-13)10-7-5-4-6-8-10/h10,13H,3-9H2,1-2H3/t12-/m0/s1. The van der Waals surface area contributed by atoms with Gasteiger partial charge >= 0.3 is 0 Å². The van der Waals surface area contributed by atoms with Gasteiger partial charge in [-0.2, -0.15) is 0 Å². The van der Waals surface area contributed by atoms with Gasteiger partial charge in [-0.3, -0.25) is 4.79 Å². The van der Waals surface area contributed by atoms with Crippen molar-refractivity contribution in [2.45, 2.75) is 52.4 Å². The highest BCUT2D eigenvalue weighted by molar-refractivity contribution is 5.84. The monoisotopic (exact) mass is 198 g/mol. The summed E-state index contributed by atoms with van der Waals surface area (Å²) in [4.78, 5) is 11.8. The van der Waals surface area contributed by atoms with Gasteiger partial charge in [0.15, 0.2) is 0 Å². The van der Waals surface area contributed by atoms with Gasteiger partial charge in [-0.1, -0.05) is 33.1 Å². The third-order valence-electron chi connectivity index (χ3n) is 3.79. The Bertz CT molecular complexity index is 194. The number of rotatable bonds is 4. The summed E-state index contributed by atoms with van der Waals surface area (Å²) in [6, 6.07) is 0. The van der Waals surface area contributed by atoms with Crippen molar-refractivity contribution in [2.24, 2.45) is 11.3 Å². The van der Waals surface area contributed by atoms with Crippen molar-refractivity contribution in [1.82, 2.24) is 0 Å². The van der Waals surface area contributed by atoms with E-state index in [2.05, 4.69) is 0 Å². The largest absolute Gasteiger partial charge is 0.395 e. The van der Waals surface area contributed by atoms with Crippen LogP contribution >= 0.6 is 0 Å². The van der Waals surface area contributed by atoms with E-state index < -0.39 is 5.41 Å². The number of aliphatic hydroxyl groups is 1. The summed E-state index contributed by atoms with van der Waals surface area (Å²) in [5.41, 5.74) is -0.463. The molecular formula is C12H22O2. The first-order chi connectivity index (χ1) is 6.65. The van der Waals surface area contributed by atoms with Gasteiger partial charge in [-0.05, 0) is 18.8 Å². The summed E-state index contributed by atoms with van der Waals surface area (Å²) >= 11 is 0. The van der Waals surface area contributed by atoms with Crippen LogP contribution in [0.3, 0.4) is 0 Å². The molecule has 0 amide bonds. The number of carbonyl (C=O) groups excluding carboxylic acids is 1. The second-order valence-corrected chi connectivity index (χ2v) is 4.69. The Labute approximate surface area is 86.7 Å². The first-order valence-electron chi connectivity index (χ1n) is 5.79. The fourth-order valence-corrected chi connectivity index (χ4v) is 2.59. The fraction of sp³-hybridized carbons (Fsp3) is 0.917. The van der Waals surface area contributed by atoms with Crippen LogP contribution in [0.2, 0.25) is 0 Å². The fourth-order valence-electron chi connectivity index (χ4n) is 2.59. The van der Waals surface area contributed by atoms with E-state index in [1.165, 1.54) is 19.3 Å². The van der Waals surface area contributed by atoms with Gasteiger partial charge in [0, 0.05) is 6.42 Å². The van der Waals surface area contributed by atoms with E-state index in [0.29, 0.717) is 12.3 Å². The lowest BCUT2D eigenvalue weighted by molar-refractivity contribution is -0.134. The van der Waals surface area contributed by atoms with Crippen LogP contribution in [0.4, 0.5) is 0 Å². The highest BCUT2D eigenvalue weighted by Gasteiger charge is 2.39. The van der Waals surface area contributed by atoms with E-state index in [-0.39, 0.29) is 12.4 Å². The summed E-state index contributed by atoms with van der Waals surface area (Å²) in [5, 5.41) is 9.42. The van der Waals surface area contributed by atoms with Crippen LogP contribution in [0, 0.1) is 11.3 Å². The second kappa shape index (κ2) is 4.92. The molecule has 1 saturated carbocycles. The van der Waals surface area contributed by atoms with Gasteiger partial charge < -0.3 is 5.11 Å². The molecule has 0 saturated heterocycles. The van der Waals surface area contributed by atoms with Crippen molar-refractivity contribution in [3.8, 4) is 0 Å². The van der Waals surface area contributed by atoms with Crippen LogP contribution in [0.25, 0.3) is 0 Å². The van der Waals surface area contributed by atoms with E-state index >= 15 is 0 Å². The number of Topliss-reactive ketones (excluding diaryl/α,β-unsaturated/α-hetero) is 1. The predicted molar refractivity (Wildman–Crippen MR) is 57.1 cm³/mol. The predicted octanol–water partition coefficient (Wildman–Crippen LogP) is 2.54. The Morgan fingerprint density at radius 3 is 2.36 bits per heavy atom. The molecule has 1 aliphatic rings. The third kappa shape index (κ3) is 2.17. The molecule has 1 rings (SSSR count). The molecule has 0 radical (unpaired) electrons. The van der Waals surface area contributed by atoms with Crippen LogP contribution in [0.5, 0.6) is 0 Å². The first-order valence-corrected chi connectivity index (χ1v) is 5.79. The average Bonchev–Trinajstić information content (AvgIpc) is 2.28. The maximum Gasteiger partial charge on any atom is 0.141 e. The third-order valence-corrected chi connectivity index (χ3v) is 3.79. The molecule has 1 N–H and O–H groups in total. The van der Waals surface area contributed by atoms with Gasteiger partial charge in [0.25, 0.3) is 0 Å². The highest BCUT2D eigenvalue weighted by atomic mass is 16.3. The molecule has 0 aromatic rings. The minimum absolute atomic E-state index is 0.0182. The molecule has 82 valence electrons. The van der Waals surface area contributed by atoms with Gasteiger partial charge in [-0.25, -0.2) is 0 Å². The molecule has 0 aromatic heterocycles. The van der Waals surface area contributed by atoms with E-state index in [1.807, 2.05) is 13.8 Å². The molecule has 1 aliphatic carbocycles. The summed E-state index contributed by atoms with van der Waals surface area (Å²) in [6.45, 7) is 3.85. The molecule has 2 heteroatoms. The van der Waals surface area contributed by atoms with Gasteiger partial charge in [0.2, 0.25) is 0 Å². The van der Waals surface area contributed by atoms with E-state index in [9.17, 15) is 9.90 Å². The van der Waals surface area contributed by atoms with Gasteiger partial charge in [-0.15, -0.1) is 0 Å². The maximum atomic E-state index is 11.8. The maximum absolute atomic E-state index is 11.8. The molecule has 0 spiro atoms. The Morgan fingerprint density at radius 2 is 1.93 bits per heavy atom. The number of hydrogen-bond acceptors (Lipinski definition) is 2. The SMILES string of the molecule is CCC(=O)[C@@](C)(CO)C1CCCCC1. The molecule has 1 atom stereocenters. The second-order valence-electron chi connectivity index (χ2n) is 4.69. The number of carbonyl (C=O) groups is 1. The molecule has 0 unspecified atom stereocenters. The van der Waals surface area contributed by atoms with Crippen molar-refractivity contribution in [3.63, 3.8) is 0 Å². The van der Waals surface area contributed by atoms with Crippen LogP contribution in [0.15, 0.2) is 0 Å².